The molecule has 120 valence electrons. The predicted octanol–water partition coefficient (Wildman–Crippen LogP) is 1.42. The van der Waals surface area contributed by atoms with E-state index in [4.69, 9.17) is 4.74 Å². The van der Waals surface area contributed by atoms with Crippen LogP contribution in [0.1, 0.15) is 13.3 Å². The van der Waals surface area contributed by atoms with Gasteiger partial charge in [-0.1, -0.05) is 0 Å². The van der Waals surface area contributed by atoms with Crippen LogP contribution in [-0.4, -0.2) is 54.4 Å². The normalized spacial score (nSPS) is 15.4. The van der Waals surface area contributed by atoms with Gasteiger partial charge in [0, 0.05) is 39.2 Å². The number of ether oxygens (including phenoxy) is 1. The minimum absolute atomic E-state index is 0.0149. The summed E-state index contributed by atoms with van der Waals surface area (Å²) in [5.74, 6) is -2.00. The van der Waals surface area contributed by atoms with Gasteiger partial charge in [-0.25, -0.2) is 8.78 Å². The van der Waals surface area contributed by atoms with Crippen molar-refractivity contribution in [1.82, 2.24) is 9.80 Å². The van der Waals surface area contributed by atoms with E-state index in [1.54, 1.807) is 9.80 Å². The van der Waals surface area contributed by atoms with E-state index in [0.29, 0.717) is 38.7 Å². The van der Waals surface area contributed by atoms with Crippen molar-refractivity contribution in [3.8, 4) is 5.75 Å². The topological polar surface area (TPSA) is 49.9 Å². The number of benzene rings is 1. The highest BCUT2D eigenvalue weighted by molar-refractivity contribution is 5.78. The standard InChI is InChI=1S/C15H18F2N2O3/c1-11(20)18-5-2-6-19(8-7-18)15(21)10-22-14-4-3-12(16)9-13(14)17/h3-4,9H,2,5-8,10H2,1H3. The van der Waals surface area contributed by atoms with Gasteiger partial charge < -0.3 is 14.5 Å². The van der Waals surface area contributed by atoms with Gasteiger partial charge in [-0.3, -0.25) is 9.59 Å². The van der Waals surface area contributed by atoms with Crippen LogP contribution in [-0.2, 0) is 9.59 Å². The molecule has 0 unspecified atom stereocenters. The van der Waals surface area contributed by atoms with Crippen molar-refractivity contribution in [2.24, 2.45) is 0 Å². The van der Waals surface area contributed by atoms with E-state index in [9.17, 15) is 18.4 Å². The van der Waals surface area contributed by atoms with Gasteiger partial charge >= 0.3 is 0 Å². The monoisotopic (exact) mass is 312 g/mol. The zero-order valence-electron chi connectivity index (χ0n) is 12.3. The molecule has 0 N–H and O–H groups in total. The van der Waals surface area contributed by atoms with Crippen molar-refractivity contribution in [1.29, 1.82) is 0 Å². The van der Waals surface area contributed by atoms with Gasteiger partial charge in [-0.05, 0) is 18.6 Å². The van der Waals surface area contributed by atoms with Gasteiger partial charge in [0.2, 0.25) is 5.91 Å². The van der Waals surface area contributed by atoms with Gasteiger partial charge in [-0.2, -0.15) is 0 Å². The van der Waals surface area contributed by atoms with Crippen molar-refractivity contribution in [3.63, 3.8) is 0 Å². The van der Waals surface area contributed by atoms with Gasteiger partial charge in [0.1, 0.15) is 5.82 Å². The summed E-state index contributed by atoms with van der Waals surface area (Å²) in [6, 6.07) is 2.92. The van der Waals surface area contributed by atoms with Crippen molar-refractivity contribution in [2.75, 3.05) is 32.8 Å². The van der Waals surface area contributed by atoms with E-state index < -0.39 is 11.6 Å². The molecular formula is C15H18F2N2O3. The molecule has 0 spiro atoms. The fourth-order valence-corrected chi connectivity index (χ4v) is 2.30. The van der Waals surface area contributed by atoms with Crippen LogP contribution in [0.4, 0.5) is 8.78 Å². The van der Waals surface area contributed by atoms with E-state index in [-0.39, 0.29) is 24.2 Å². The van der Waals surface area contributed by atoms with Crippen LogP contribution >= 0.6 is 0 Å². The molecule has 5 nitrogen and oxygen atoms in total. The largest absolute Gasteiger partial charge is 0.481 e. The van der Waals surface area contributed by atoms with Crippen LogP contribution in [0.3, 0.4) is 0 Å². The maximum absolute atomic E-state index is 13.4. The Balaban J connectivity index is 1.88. The fourth-order valence-electron chi connectivity index (χ4n) is 2.30. The number of carbonyl (C=O) groups is 2. The Morgan fingerprint density at radius 1 is 1.14 bits per heavy atom. The molecule has 1 aliphatic rings. The van der Waals surface area contributed by atoms with Gasteiger partial charge in [0.05, 0.1) is 0 Å². The van der Waals surface area contributed by atoms with Crippen LogP contribution < -0.4 is 4.74 Å². The molecule has 2 amide bonds. The molecule has 1 aromatic carbocycles. The Morgan fingerprint density at radius 2 is 1.82 bits per heavy atom. The Morgan fingerprint density at radius 3 is 2.50 bits per heavy atom. The lowest BCUT2D eigenvalue weighted by atomic mass is 10.3. The second-order valence-electron chi connectivity index (χ2n) is 5.10. The molecule has 0 aliphatic carbocycles. The lowest BCUT2D eigenvalue weighted by Crippen LogP contribution is -2.38. The first kappa shape index (κ1) is 16.2. The average Bonchev–Trinajstić information content (AvgIpc) is 2.72. The fraction of sp³-hybridized carbons (Fsp3) is 0.467. The lowest BCUT2D eigenvalue weighted by molar-refractivity contribution is -0.134. The first-order chi connectivity index (χ1) is 10.5. The van der Waals surface area contributed by atoms with Crippen LogP contribution in [0.15, 0.2) is 18.2 Å². The first-order valence-corrected chi connectivity index (χ1v) is 7.08. The predicted molar refractivity (Wildman–Crippen MR) is 75.3 cm³/mol. The van der Waals surface area contributed by atoms with E-state index in [2.05, 4.69) is 0 Å². The second-order valence-corrected chi connectivity index (χ2v) is 5.10. The SMILES string of the molecule is CC(=O)N1CCCN(C(=O)COc2ccc(F)cc2F)CC1. The summed E-state index contributed by atoms with van der Waals surface area (Å²) in [7, 11) is 0. The van der Waals surface area contributed by atoms with E-state index >= 15 is 0 Å². The van der Waals surface area contributed by atoms with E-state index in [1.165, 1.54) is 6.92 Å². The molecule has 1 fully saturated rings. The number of rotatable bonds is 3. The Bertz CT molecular complexity index is 566. The number of halogens is 2. The minimum Gasteiger partial charge on any atom is -0.481 e. The molecule has 0 bridgehead atoms. The Kier molecular flexibility index (Phi) is 5.30. The van der Waals surface area contributed by atoms with Gasteiger partial charge in [0.25, 0.3) is 5.91 Å². The number of hydrogen-bond donors (Lipinski definition) is 0. The van der Waals surface area contributed by atoms with Crippen LogP contribution in [0.25, 0.3) is 0 Å². The van der Waals surface area contributed by atoms with Crippen molar-refractivity contribution in [3.05, 3.63) is 29.8 Å². The number of hydrogen-bond acceptors (Lipinski definition) is 3. The average molecular weight is 312 g/mol. The van der Waals surface area contributed by atoms with Gasteiger partial charge in [0.15, 0.2) is 18.2 Å². The summed E-state index contributed by atoms with van der Waals surface area (Å²) >= 11 is 0. The molecule has 0 saturated carbocycles. The number of amides is 2. The molecule has 22 heavy (non-hydrogen) atoms. The van der Waals surface area contributed by atoms with Crippen LogP contribution in [0.2, 0.25) is 0 Å². The highest BCUT2D eigenvalue weighted by Gasteiger charge is 2.20. The summed E-state index contributed by atoms with van der Waals surface area (Å²) < 4.78 is 31.3. The molecule has 0 atom stereocenters. The summed E-state index contributed by atoms with van der Waals surface area (Å²) in [5, 5.41) is 0. The maximum Gasteiger partial charge on any atom is 0.260 e. The minimum atomic E-state index is -0.841. The zero-order valence-corrected chi connectivity index (χ0v) is 12.3. The van der Waals surface area contributed by atoms with E-state index in [1.807, 2.05) is 0 Å². The van der Waals surface area contributed by atoms with Crippen molar-refractivity contribution in [2.45, 2.75) is 13.3 Å². The Labute approximate surface area is 127 Å². The molecule has 1 aliphatic heterocycles. The quantitative estimate of drug-likeness (QED) is 0.848. The van der Waals surface area contributed by atoms with E-state index in [0.717, 1.165) is 12.1 Å². The highest BCUT2D eigenvalue weighted by Crippen LogP contribution is 2.17. The third-order valence-corrected chi connectivity index (χ3v) is 3.54. The Hall–Kier alpha value is -2.18. The number of nitrogens with zero attached hydrogens (tertiary/aromatic N) is 2. The zero-order chi connectivity index (χ0) is 16.1. The molecule has 2 rings (SSSR count). The van der Waals surface area contributed by atoms with Crippen LogP contribution in [0.5, 0.6) is 5.75 Å². The molecule has 1 heterocycles. The van der Waals surface area contributed by atoms with Crippen LogP contribution in [0, 0.1) is 11.6 Å². The smallest absolute Gasteiger partial charge is 0.260 e. The summed E-state index contributed by atoms with van der Waals surface area (Å²) in [6.07, 6.45) is 0.691. The summed E-state index contributed by atoms with van der Waals surface area (Å²) in [5.41, 5.74) is 0. The molecule has 1 aromatic rings. The third-order valence-electron chi connectivity index (χ3n) is 3.54. The highest BCUT2D eigenvalue weighted by atomic mass is 19.1. The van der Waals surface area contributed by atoms with Gasteiger partial charge in [-0.15, -0.1) is 0 Å². The second kappa shape index (κ2) is 7.20. The number of carbonyl (C=O) groups excluding carboxylic acids is 2. The maximum atomic E-state index is 13.4. The third kappa shape index (κ3) is 4.16. The lowest BCUT2D eigenvalue weighted by Gasteiger charge is -2.21. The molecule has 1 saturated heterocycles. The molecular weight excluding hydrogens is 294 g/mol. The first-order valence-electron chi connectivity index (χ1n) is 7.08. The van der Waals surface area contributed by atoms with Crippen molar-refractivity contribution < 1.29 is 23.1 Å². The molecule has 0 radical (unpaired) electrons. The molecule has 0 aromatic heterocycles. The van der Waals surface area contributed by atoms with Crippen molar-refractivity contribution >= 4 is 11.8 Å². The summed E-state index contributed by atoms with van der Waals surface area (Å²) in [4.78, 5) is 26.7. The molecule has 7 heteroatoms. The summed E-state index contributed by atoms with van der Waals surface area (Å²) in [6.45, 7) is 3.23.